The van der Waals surface area contributed by atoms with Crippen molar-refractivity contribution in [2.45, 2.75) is 56.6 Å². The van der Waals surface area contributed by atoms with Gasteiger partial charge in [-0.2, -0.15) is 0 Å². The molecule has 2 aliphatic heterocycles. The number of amides is 1. The van der Waals surface area contributed by atoms with E-state index >= 15 is 0 Å². The summed E-state index contributed by atoms with van der Waals surface area (Å²) in [6, 6.07) is 10.3. The number of rotatable bonds is 4. The van der Waals surface area contributed by atoms with Gasteiger partial charge in [0.15, 0.2) is 0 Å². The van der Waals surface area contributed by atoms with Crippen molar-refractivity contribution in [2.75, 3.05) is 20.1 Å². The quantitative estimate of drug-likeness (QED) is 0.832. The largest absolute Gasteiger partial charge is 0.487 e. The molecule has 2 aromatic rings. The summed E-state index contributed by atoms with van der Waals surface area (Å²) in [7, 11) is 1.60. The molecular formula is C24H29N3O3. The minimum Gasteiger partial charge on any atom is -0.487 e. The number of aromatic nitrogens is 1. The Bertz CT molecular complexity index is 916. The van der Waals surface area contributed by atoms with Crippen LogP contribution in [0.15, 0.2) is 36.5 Å². The van der Waals surface area contributed by atoms with E-state index in [0.717, 1.165) is 43.2 Å². The second-order valence-corrected chi connectivity index (χ2v) is 8.74. The Hall–Kier alpha value is -2.60. The Morgan fingerprint density at radius 2 is 2.03 bits per heavy atom. The number of pyridine rings is 1. The monoisotopic (exact) mass is 407 g/mol. The zero-order valence-corrected chi connectivity index (χ0v) is 17.5. The summed E-state index contributed by atoms with van der Waals surface area (Å²) in [5, 5.41) is 2.59. The first kappa shape index (κ1) is 19.4. The molecule has 158 valence electrons. The maximum Gasteiger partial charge on any atom is 0.252 e. The van der Waals surface area contributed by atoms with Gasteiger partial charge >= 0.3 is 0 Å². The fourth-order valence-corrected chi connectivity index (χ4v) is 4.80. The zero-order chi connectivity index (χ0) is 20.6. The van der Waals surface area contributed by atoms with Crippen molar-refractivity contribution in [2.24, 2.45) is 0 Å². The van der Waals surface area contributed by atoms with E-state index in [1.54, 1.807) is 19.2 Å². The first-order valence-corrected chi connectivity index (χ1v) is 11.1. The van der Waals surface area contributed by atoms with E-state index in [9.17, 15) is 4.79 Å². The molecular weight excluding hydrogens is 378 g/mol. The fraction of sp³-hybridized carbons (Fsp3) is 0.500. The number of likely N-dealkylation sites (tertiary alicyclic amines) is 1. The molecule has 6 nitrogen and oxygen atoms in total. The highest BCUT2D eigenvalue weighted by atomic mass is 16.5. The van der Waals surface area contributed by atoms with Crippen LogP contribution in [0, 0.1) is 0 Å². The molecule has 0 bridgehead atoms. The van der Waals surface area contributed by atoms with Gasteiger partial charge < -0.3 is 19.7 Å². The van der Waals surface area contributed by atoms with E-state index < -0.39 is 0 Å². The van der Waals surface area contributed by atoms with E-state index in [1.165, 1.54) is 44.1 Å². The smallest absolute Gasteiger partial charge is 0.252 e. The molecule has 6 heteroatoms. The highest BCUT2D eigenvalue weighted by Gasteiger charge is 2.41. The summed E-state index contributed by atoms with van der Waals surface area (Å²) in [6.07, 6.45) is 10.0. The number of nitrogens with zero attached hydrogens (tertiary/aromatic N) is 2. The fourth-order valence-electron chi connectivity index (χ4n) is 4.80. The molecule has 1 amide bonds. The Morgan fingerprint density at radius 1 is 1.20 bits per heavy atom. The molecule has 30 heavy (non-hydrogen) atoms. The number of hydrogen-bond acceptors (Lipinski definition) is 5. The number of nitrogens with one attached hydrogen (secondary N) is 1. The van der Waals surface area contributed by atoms with Crippen LogP contribution >= 0.6 is 0 Å². The normalized spacial score (nSPS) is 20.7. The van der Waals surface area contributed by atoms with Gasteiger partial charge in [0.25, 0.3) is 5.91 Å². The number of carbonyl (C=O) groups excluding carboxylic acids is 1. The van der Waals surface area contributed by atoms with Crippen molar-refractivity contribution >= 4 is 5.91 Å². The predicted octanol–water partition coefficient (Wildman–Crippen LogP) is 3.95. The number of fused-ring (bicyclic) bond motifs is 1. The Morgan fingerprint density at radius 3 is 2.70 bits per heavy atom. The lowest BCUT2D eigenvalue weighted by molar-refractivity contribution is -0.0337. The van der Waals surface area contributed by atoms with Crippen LogP contribution in [0.4, 0.5) is 0 Å². The van der Waals surface area contributed by atoms with Crippen LogP contribution in [0.2, 0.25) is 0 Å². The van der Waals surface area contributed by atoms with Crippen molar-refractivity contribution in [3.63, 3.8) is 0 Å². The zero-order valence-electron chi connectivity index (χ0n) is 17.5. The summed E-state index contributed by atoms with van der Waals surface area (Å²) in [4.78, 5) is 18.5. The molecule has 3 aliphatic rings. The lowest BCUT2D eigenvalue weighted by Gasteiger charge is -2.48. The van der Waals surface area contributed by atoms with Crippen molar-refractivity contribution < 1.29 is 14.3 Å². The van der Waals surface area contributed by atoms with Gasteiger partial charge in [-0.25, -0.2) is 4.98 Å². The molecule has 1 saturated heterocycles. The molecule has 2 fully saturated rings. The van der Waals surface area contributed by atoms with E-state index in [-0.39, 0.29) is 11.5 Å². The molecule has 0 radical (unpaired) electrons. The van der Waals surface area contributed by atoms with Crippen LogP contribution in [0.5, 0.6) is 17.4 Å². The van der Waals surface area contributed by atoms with Crippen LogP contribution in [0.25, 0.3) is 0 Å². The van der Waals surface area contributed by atoms with Crippen LogP contribution in [0.1, 0.15) is 54.4 Å². The van der Waals surface area contributed by atoms with Gasteiger partial charge in [0, 0.05) is 38.4 Å². The second-order valence-electron chi connectivity index (χ2n) is 8.74. The number of aryl methyl sites for hydroxylation is 1. The summed E-state index contributed by atoms with van der Waals surface area (Å²) >= 11 is 0. The minimum absolute atomic E-state index is 0.00680. The number of hydrogen-bond donors (Lipinski definition) is 1. The lowest BCUT2D eigenvalue weighted by atomic mass is 9.81. The van der Waals surface area contributed by atoms with Gasteiger partial charge in [0.05, 0.1) is 5.56 Å². The molecule has 3 heterocycles. The standard InChI is InChI=1S/C24H29N3O3/c1-25-23(28)18-5-8-22(26-16-18)29-20-6-7-21-17(15-20)9-10-24(30-21)11-13-27(14-12-24)19-3-2-4-19/h5-8,15-16,19H,2-4,9-14H2,1H3,(H,25,28). The lowest BCUT2D eigenvalue weighted by Crippen LogP contribution is -2.53. The average molecular weight is 408 g/mol. The minimum atomic E-state index is -0.160. The van der Waals surface area contributed by atoms with Crippen LogP contribution in [-0.4, -0.2) is 47.6 Å². The van der Waals surface area contributed by atoms with Crippen LogP contribution in [0.3, 0.4) is 0 Å². The average Bonchev–Trinajstić information content (AvgIpc) is 2.74. The van der Waals surface area contributed by atoms with Crippen molar-refractivity contribution in [3.05, 3.63) is 47.7 Å². The number of benzene rings is 1. The molecule has 5 rings (SSSR count). The second kappa shape index (κ2) is 7.91. The van der Waals surface area contributed by atoms with Crippen molar-refractivity contribution in [1.82, 2.24) is 15.2 Å². The maximum atomic E-state index is 11.6. The number of piperidine rings is 1. The summed E-state index contributed by atoms with van der Waals surface area (Å²) in [5.41, 5.74) is 1.71. The first-order chi connectivity index (χ1) is 14.6. The third-order valence-corrected chi connectivity index (χ3v) is 6.96. The molecule has 1 N–H and O–H groups in total. The molecule has 1 aliphatic carbocycles. The number of ether oxygens (including phenoxy) is 2. The van der Waals surface area contributed by atoms with Gasteiger partial charge in [-0.3, -0.25) is 4.79 Å². The van der Waals surface area contributed by atoms with E-state index in [2.05, 4.69) is 21.3 Å². The maximum absolute atomic E-state index is 11.6. The molecule has 0 unspecified atom stereocenters. The molecule has 1 aromatic heterocycles. The third kappa shape index (κ3) is 3.76. The van der Waals surface area contributed by atoms with E-state index in [4.69, 9.17) is 9.47 Å². The molecule has 1 saturated carbocycles. The van der Waals surface area contributed by atoms with Gasteiger partial charge in [-0.05, 0) is 68.4 Å². The summed E-state index contributed by atoms with van der Waals surface area (Å²) in [6.45, 7) is 2.33. The van der Waals surface area contributed by atoms with E-state index in [1.807, 2.05) is 12.1 Å². The van der Waals surface area contributed by atoms with Crippen LogP contribution < -0.4 is 14.8 Å². The van der Waals surface area contributed by atoms with E-state index in [0.29, 0.717) is 11.4 Å². The Balaban J connectivity index is 1.23. The molecule has 1 spiro atoms. The highest BCUT2D eigenvalue weighted by Crippen LogP contribution is 2.42. The molecule has 1 aromatic carbocycles. The molecule has 0 atom stereocenters. The third-order valence-electron chi connectivity index (χ3n) is 6.96. The van der Waals surface area contributed by atoms with Crippen LogP contribution in [-0.2, 0) is 6.42 Å². The van der Waals surface area contributed by atoms with Gasteiger partial charge in [-0.15, -0.1) is 0 Å². The Kier molecular flexibility index (Phi) is 5.11. The Labute approximate surface area is 177 Å². The topological polar surface area (TPSA) is 63.7 Å². The van der Waals surface area contributed by atoms with Gasteiger partial charge in [0.2, 0.25) is 5.88 Å². The van der Waals surface area contributed by atoms with Gasteiger partial charge in [0.1, 0.15) is 17.1 Å². The van der Waals surface area contributed by atoms with Crippen molar-refractivity contribution in [1.29, 1.82) is 0 Å². The van der Waals surface area contributed by atoms with Crippen molar-refractivity contribution in [3.8, 4) is 17.4 Å². The highest BCUT2D eigenvalue weighted by molar-refractivity contribution is 5.93. The predicted molar refractivity (Wildman–Crippen MR) is 114 cm³/mol. The SMILES string of the molecule is CNC(=O)c1ccc(Oc2ccc3c(c2)CCC2(CCN(C4CCC4)CC2)O3)nc1. The summed E-state index contributed by atoms with van der Waals surface area (Å²) < 4.78 is 12.5. The first-order valence-electron chi connectivity index (χ1n) is 11.1. The summed E-state index contributed by atoms with van der Waals surface area (Å²) in [5.74, 6) is 2.05. The number of carbonyl (C=O) groups is 1. The van der Waals surface area contributed by atoms with Gasteiger partial charge in [-0.1, -0.05) is 6.42 Å².